The first kappa shape index (κ1) is 38.1. The van der Waals surface area contributed by atoms with Crippen LogP contribution < -0.4 is 5.32 Å². The van der Waals surface area contributed by atoms with Gasteiger partial charge in [-0.25, -0.2) is 14.6 Å². The molecule has 1 fully saturated rings. The number of carbonyl (C=O) groups is 4. The highest BCUT2D eigenvalue weighted by molar-refractivity contribution is 5.79. The summed E-state index contributed by atoms with van der Waals surface area (Å²) in [5, 5.41) is 17.5. The summed E-state index contributed by atoms with van der Waals surface area (Å²) in [6.45, 7) is 3.50. The molecule has 246 valence electrons. The number of unbranched alkanes of at least 4 members (excludes halogenated alkanes) is 2. The van der Waals surface area contributed by atoms with E-state index in [-0.39, 0.29) is 23.7 Å². The Morgan fingerprint density at radius 3 is 2.07 bits per heavy atom. The van der Waals surface area contributed by atoms with Crippen molar-refractivity contribution in [3.05, 3.63) is 42.4 Å². The molecular formula is C28H36F6N4O6. The quantitative estimate of drug-likeness (QED) is 0.200. The van der Waals surface area contributed by atoms with Gasteiger partial charge < -0.3 is 30.2 Å². The number of aromatic amines is 1. The van der Waals surface area contributed by atoms with E-state index in [0.717, 1.165) is 68.7 Å². The van der Waals surface area contributed by atoms with Gasteiger partial charge in [0.05, 0.1) is 23.9 Å². The molecule has 1 amide bonds. The summed E-state index contributed by atoms with van der Waals surface area (Å²) in [5.74, 6) is -4.32. The van der Waals surface area contributed by atoms with Gasteiger partial charge in [0, 0.05) is 13.0 Å². The Hall–Kier alpha value is -3.95. The minimum absolute atomic E-state index is 0.0347. The summed E-state index contributed by atoms with van der Waals surface area (Å²) >= 11 is 0. The number of Topliss-reactive ketones (excluding diaryl/α,β-unsaturated/α-hetero) is 1. The molecule has 0 aliphatic carbocycles. The van der Waals surface area contributed by atoms with Crippen molar-refractivity contribution >= 4 is 23.6 Å². The number of hydrogen-bond donors (Lipinski definition) is 4. The van der Waals surface area contributed by atoms with Gasteiger partial charge in [0.2, 0.25) is 5.91 Å². The van der Waals surface area contributed by atoms with Crippen molar-refractivity contribution < 1.29 is 55.7 Å². The number of carbonyl (C=O) groups excluding carboxylic acids is 2. The van der Waals surface area contributed by atoms with Crippen molar-refractivity contribution in [1.82, 2.24) is 20.2 Å². The fraction of sp³-hybridized carbons (Fsp3) is 0.536. The number of benzene rings is 1. The van der Waals surface area contributed by atoms with Crippen LogP contribution in [0.15, 0.2) is 36.5 Å². The lowest BCUT2D eigenvalue weighted by Crippen LogP contribution is -2.42. The summed E-state index contributed by atoms with van der Waals surface area (Å²) < 4.78 is 63.5. The number of likely N-dealkylation sites (tertiary alicyclic amines) is 1. The Labute approximate surface area is 249 Å². The molecule has 4 N–H and O–H groups in total. The number of hydrogen-bond acceptors (Lipinski definition) is 6. The van der Waals surface area contributed by atoms with Crippen molar-refractivity contribution in [1.29, 1.82) is 0 Å². The highest BCUT2D eigenvalue weighted by Gasteiger charge is 2.39. The predicted molar refractivity (Wildman–Crippen MR) is 146 cm³/mol. The second kappa shape index (κ2) is 18.0. The third-order valence-electron chi connectivity index (χ3n) is 6.33. The average Bonchev–Trinajstić information content (AvgIpc) is 3.42. The van der Waals surface area contributed by atoms with Crippen LogP contribution in [0.3, 0.4) is 0 Å². The first-order valence-corrected chi connectivity index (χ1v) is 13.6. The molecule has 0 saturated carbocycles. The van der Waals surface area contributed by atoms with Crippen LogP contribution >= 0.6 is 0 Å². The van der Waals surface area contributed by atoms with Crippen LogP contribution in [0.5, 0.6) is 0 Å². The van der Waals surface area contributed by atoms with Crippen molar-refractivity contribution in [2.45, 2.75) is 70.3 Å². The van der Waals surface area contributed by atoms with Crippen LogP contribution in [-0.2, 0) is 19.2 Å². The van der Waals surface area contributed by atoms with E-state index in [1.165, 1.54) is 0 Å². The SMILES string of the molecule is CC(=O)CCCCC[C@H](NC(=O)C1CCCN(C)C1)c1ncc(-c2ccccc2)[nH]1.O=C(O)C(F)(F)F.O=C(O)C(F)(F)F. The molecule has 0 bridgehead atoms. The topological polar surface area (TPSA) is 153 Å². The maximum absolute atomic E-state index is 13.0. The Balaban J connectivity index is 0.000000574. The summed E-state index contributed by atoms with van der Waals surface area (Å²) in [6.07, 6.45) is -2.06. The van der Waals surface area contributed by atoms with E-state index in [4.69, 9.17) is 19.8 Å². The molecule has 1 aromatic carbocycles. The molecule has 2 heterocycles. The molecule has 1 aliphatic heterocycles. The summed E-state index contributed by atoms with van der Waals surface area (Å²) in [6, 6.07) is 9.95. The third-order valence-corrected chi connectivity index (χ3v) is 6.33. The number of aliphatic carboxylic acids is 2. The first-order chi connectivity index (χ1) is 20.4. The van der Waals surface area contributed by atoms with Crippen LogP contribution in [0.2, 0.25) is 0 Å². The normalized spacial score (nSPS) is 16.0. The molecule has 2 atom stereocenters. The number of nitrogens with one attached hydrogen (secondary N) is 2. The van der Waals surface area contributed by atoms with E-state index >= 15 is 0 Å². The second-order valence-electron chi connectivity index (χ2n) is 10.1. The number of H-pyrrole nitrogens is 1. The van der Waals surface area contributed by atoms with E-state index in [0.29, 0.717) is 6.42 Å². The average molecular weight is 639 g/mol. The maximum Gasteiger partial charge on any atom is 0.490 e. The number of halogens is 6. The van der Waals surface area contributed by atoms with Crippen molar-refractivity contribution in [3.8, 4) is 11.3 Å². The zero-order valence-electron chi connectivity index (χ0n) is 24.2. The van der Waals surface area contributed by atoms with E-state index in [1.807, 2.05) is 36.5 Å². The fourth-order valence-corrected chi connectivity index (χ4v) is 4.12. The number of carboxylic acids is 2. The molecule has 0 radical (unpaired) electrons. The minimum Gasteiger partial charge on any atom is -0.475 e. The number of alkyl halides is 6. The van der Waals surface area contributed by atoms with Crippen LogP contribution in [0, 0.1) is 5.92 Å². The van der Waals surface area contributed by atoms with Crippen LogP contribution in [-0.4, -0.2) is 81.2 Å². The zero-order valence-corrected chi connectivity index (χ0v) is 24.2. The number of aromatic nitrogens is 2. The lowest BCUT2D eigenvalue weighted by molar-refractivity contribution is -0.193. The highest BCUT2D eigenvalue weighted by atomic mass is 19.4. The Kier molecular flexibility index (Phi) is 15.6. The number of carboxylic acid groups (broad SMARTS) is 2. The lowest BCUT2D eigenvalue weighted by Gasteiger charge is -2.30. The Morgan fingerprint density at radius 2 is 1.57 bits per heavy atom. The number of imidazole rings is 1. The van der Waals surface area contributed by atoms with Crippen LogP contribution in [0.4, 0.5) is 26.3 Å². The highest BCUT2D eigenvalue weighted by Crippen LogP contribution is 2.24. The maximum atomic E-state index is 13.0. The van der Waals surface area contributed by atoms with E-state index < -0.39 is 24.3 Å². The summed E-state index contributed by atoms with van der Waals surface area (Å²) in [7, 11) is 2.07. The minimum atomic E-state index is -5.08. The van der Waals surface area contributed by atoms with Crippen molar-refractivity contribution in [2.75, 3.05) is 20.1 Å². The number of rotatable bonds is 10. The van der Waals surface area contributed by atoms with Gasteiger partial charge >= 0.3 is 24.3 Å². The zero-order chi connectivity index (χ0) is 33.5. The molecule has 1 unspecified atom stereocenters. The van der Waals surface area contributed by atoms with Crippen LogP contribution in [0.25, 0.3) is 11.3 Å². The predicted octanol–water partition coefficient (Wildman–Crippen LogP) is 5.38. The first-order valence-electron chi connectivity index (χ1n) is 13.6. The standard InChI is InChI=1S/C24H34N4O2.2C2HF3O2/c1-18(29)10-5-3-8-14-21(27-24(30)20-13-9-15-28(2)17-20)23-25-16-22(26-23)19-11-6-4-7-12-19;2*3-2(4,5)1(6)7/h4,6-7,11-12,16,20-21H,3,5,8-10,13-15,17H2,1-2H3,(H,25,26)(H,27,30);2*(H,6,7)/t20?,21-;;/m0../s1. The molecule has 1 aliphatic rings. The lowest BCUT2D eigenvalue weighted by atomic mass is 9.96. The molecule has 1 saturated heterocycles. The van der Waals surface area contributed by atoms with Gasteiger partial charge in [-0.05, 0) is 51.8 Å². The second-order valence-corrected chi connectivity index (χ2v) is 10.1. The molecule has 1 aromatic heterocycles. The van der Waals surface area contributed by atoms with Gasteiger partial charge in [0.25, 0.3) is 0 Å². The summed E-state index contributed by atoms with van der Waals surface area (Å²) in [4.78, 5) is 52.2. The van der Waals surface area contributed by atoms with Gasteiger partial charge in [-0.3, -0.25) is 4.79 Å². The summed E-state index contributed by atoms with van der Waals surface area (Å²) in [5.41, 5.74) is 2.04. The monoisotopic (exact) mass is 638 g/mol. The molecule has 16 heteroatoms. The number of ketones is 1. The molecule has 2 aromatic rings. The van der Waals surface area contributed by atoms with Gasteiger partial charge in [0.15, 0.2) is 0 Å². The van der Waals surface area contributed by atoms with Gasteiger partial charge in [-0.1, -0.05) is 43.2 Å². The third kappa shape index (κ3) is 15.0. The van der Waals surface area contributed by atoms with E-state index in [2.05, 4.69) is 27.2 Å². The number of amides is 1. The Morgan fingerprint density at radius 1 is 1.00 bits per heavy atom. The van der Waals surface area contributed by atoms with E-state index in [9.17, 15) is 35.9 Å². The van der Waals surface area contributed by atoms with Gasteiger partial charge in [-0.15, -0.1) is 0 Å². The van der Waals surface area contributed by atoms with Crippen LogP contribution in [0.1, 0.15) is 63.7 Å². The number of piperidine rings is 1. The molecule has 0 spiro atoms. The van der Waals surface area contributed by atoms with Gasteiger partial charge in [0.1, 0.15) is 11.6 Å². The molecular weight excluding hydrogens is 602 g/mol. The molecule has 3 rings (SSSR count). The largest absolute Gasteiger partial charge is 0.490 e. The van der Waals surface area contributed by atoms with E-state index in [1.54, 1.807) is 6.92 Å². The smallest absolute Gasteiger partial charge is 0.475 e. The molecule has 10 nitrogen and oxygen atoms in total. The number of nitrogens with zero attached hydrogens (tertiary/aromatic N) is 2. The molecule has 44 heavy (non-hydrogen) atoms. The van der Waals surface area contributed by atoms with Gasteiger partial charge in [-0.2, -0.15) is 26.3 Å². The fourth-order valence-electron chi connectivity index (χ4n) is 4.12. The Bertz CT molecular complexity index is 1180. The van der Waals surface area contributed by atoms with Crippen molar-refractivity contribution in [2.24, 2.45) is 5.92 Å². The van der Waals surface area contributed by atoms with Crippen molar-refractivity contribution in [3.63, 3.8) is 0 Å².